The summed E-state index contributed by atoms with van der Waals surface area (Å²) < 4.78 is 10.6. The maximum Gasteiger partial charge on any atom is 0.337 e. The standard InChI is InChI=1S/C17H14BrClN2O5/c1-25-17(24)11-4-2-3-10(7-11)16(23)21-20-15(22)9-26-14-6-5-12(18)8-13(14)19/h2-8H,9H2,1H3,(H,20,22)(H,21,23). The number of rotatable bonds is 5. The van der Waals surface area contributed by atoms with Gasteiger partial charge in [-0.15, -0.1) is 0 Å². The Labute approximate surface area is 162 Å². The Bertz CT molecular complexity index is 844. The summed E-state index contributed by atoms with van der Waals surface area (Å²) in [5.74, 6) is -1.40. The Balaban J connectivity index is 1.87. The fourth-order valence-electron chi connectivity index (χ4n) is 1.88. The molecule has 2 rings (SSSR count). The van der Waals surface area contributed by atoms with Gasteiger partial charge in [-0.3, -0.25) is 20.4 Å². The number of esters is 1. The summed E-state index contributed by atoms with van der Waals surface area (Å²) in [4.78, 5) is 35.3. The van der Waals surface area contributed by atoms with Crippen molar-refractivity contribution in [3.63, 3.8) is 0 Å². The lowest BCUT2D eigenvalue weighted by Crippen LogP contribution is -2.43. The summed E-state index contributed by atoms with van der Waals surface area (Å²) in [6.07, 6.45) is 0. The number of amides is 2. The van der Waals surface area contributed by atoms with E-state index in [2.05, 4.69) is 31.5 Å². The Morgan fingerprint density at radius 2 is 1.81 bits per heavy atom. The quantitative estimate of drug-likeness (QED) is 0.550. The Kier molecular flexibility index (Phi) is 6.99. The van der Waals surface area contributed by atoms with Crippen molar-refractivity contribution in [3.8, 4) is 5.75 Å². The molecule has 0 heterocycles. The number of hydrazine groups is 1. The molecule has 0 radical (unpaired) electrons. The van der Waals surface area contributed by atoms with Gasteiger partial charge in [0.15, 0.2) is 6.61 Å². The zero-order valence-electron chi connectivity index (χ0n) is 13.5. The first-order valence-corrected chi connectivity index (χ1v) is 8.43. The first kappa shape index (κ1) is 19.7. The van der Waals surface area contributed by atoms with Crippen molar-refractivity contribution in [2.45, 2.75) is 0 Å². The van der Waals surface area contributed by atoms with Crippen LogP contribution >= 0.6 is 27.5 Å². The van der Waals surface area contributed by atoms with Crippen molar-refractivity contribution >= 4 is 45.3 Å². The molecule has 136 valence electrons. The van der Waals surface area contributed by atoms with E-state index in [0.29, 0.717) is 10.8 Å². The van der Waals surface area contributed by atoms with E-state index in [1.807, 2.05) is 0 Å². The Morgan fingerprint density at radius 3 is 2.50 bits per heavy atom. The lowest BCUT2D eigenvalue weighted by Gasteiger charge is -2.10. The number of nitrogens with one attached hydrogen (secondary N) is 2. The zero-order chi connectivity index (χ0) is 19.1. The van der Waals surface area contributed by atoms with Crippen molar-refractivity contribution in [1.82, 2.24) is 10.9 Å². The number of halogens is 2. The minimum Gasteiger partial charge on any atom is -0.482 e. The second-order valence-corrected chi connectivity index (χ2v) is 6.26. The van der Waals surface area contributed by atoms with Gasteiger partial charge in [0.05, 0.1) is 17.7 Å². The minimum absolute atomic E-state index is 0.185. The largest absolute Gasteiger partial charge is 0.482 e. The van der Waals surface area contributed by atoms with Crippen LogP contribution in [0.2, 0.25) is 5.02 Å². The van der Waals surface area contributed by atoms with Crippen LogP contribution in [0.5, 0.6) is 5.75 Å². The first-order valence-electron chi connectivity index (χ1n) is 7.26. The number of benzene rings is 2. The summed E-state index contributed by atoms with van der Waals surface area (Å²) in [5.41, 5.74) is 4.85. The third kappa shape index (κ3) is 5.47. The van der Waals surface area contributed by atoms with E-state index in [1.54, 1.807) is 18.2 Å². The molecule has 0 saturated carbocycles. The van der Waals surface area contributed by atoms with E-state index in [0.717, 1.165) is 4.47 Å². The van der Waals surface area contributed by atoms with E-state index in [1.165, 1.54) is 31.4 Å². The Hall–Kier alpha value is -2.58. The van der Waals surface area contributed by atoms with E-state index in [9.17, 15) is 14.4 Å². The number of carbonyl (C=O) groups excluding carboxylic acids is 3. The summed E-state index contributed by atoms with van der Waals surface area (Å²) in [5, 5.41) is 0.343. The van der Waals surface area contributed by atoms with Gasteiger partial charge in [-0.05, 0) is 36.4 Å². The van der Waals surface area contributed by atoms with E-state index >= 15 is 0 Å². The summed E-state index contributed by atoms with van der Waals surface area (Å²) in [6.45, 7) is -0.343. The van der Waals surface area contributed by atoms with E-state index < -0.39 is 17.8 Å². The molecular formula is C17H14BrClN2O5. The molecule has 2 N–H and O–H groups in total. The predicted molar refractivity (Wildman–Crippen MR) is 98.0 cm³/mol. The van der Waals surface area contributed by atoms with Crippen LogP contribution in [0.25, 0.3) is 0 Å². The number of carbonyl (C=O) groups is 3. The van der Waals surface area contributed by atoms with Gasteiger partial charge < -0.3 is 9.47 Å². The van der Waals surface area contributed by atoms with Crippen molar-refractivity contribution in [1.29, 1.82) is 0 Å². The summed E-state index contributed by atoms with van der Waals surface area (Å²) in [6, 6.07) is 10.8. The van der Waals surface area contributed by atoms with Crippen LogP contribution in [0.1, 0.15) is 20.7 Å². The van der Waals surface area contributed by atoms with Gasteiger partial charge in [0.1, 0.15) is 5.75 Å². The van der Waals surface area contributed by atoms with Gasteiger partial charge in [-0.2, -0.15) is 0 Å². The van der Waals surface area contributed by atoms with Crippen molar-refractivity contribution in [3.05, 3.63) is 63.1 Å². The highest BCUT2D eigenvalue weighted by Crippen LogP contribution is 2.27. The molecule has 0 atom stereocenters. The second kappa shape index (κ2) is 9.21. The van der Waals surface area contributed by atoms with Crippen LogP contribution in [-0.2, 0) is 9.53 Å². The van der Waals surface area contributed by atoms with Crippen LogP contribution in [0.3, 0.4) is 0 Å². The van der Waals surface area contributed by atoms with Crippen LogP contribution in [0.15, 0.2) is 46.9 Å². The SMILES string of the molecule is COC(=O)c1cccc(C(=O)NNC(=O)COc2ccc(Br)cc2Cl)c1. The molecule has 0 unspecified atom stereocenters. The number of hydrogen-bond acceptors (Lipinski definition) is 5. The van der Waals surface area contributed by atoms with E-state index in [4.69, 9.17) is 16.3 Å². The normalized spacial score (nSPS) is 9.96. The predicted octanol–water partition coefficient (Wildman–Crippen LogP) is 2.73. The molecule has 9 heteroatoms. The zero-order valence-corrected chi connectivity index (χ0v) is 15.9. The molecule has 0 fully saturated rings. The highest BCUT2D eigenvalue weighted by Gasteiger charge is 2.12. The second-order valence-electron chi connectivity index (χ2n) is 4.94. The molecule has 0 saturated heterocycles. The smallest absolute Gasteiger partial charge is 0.337 e. The molecule has 0 bridgehead atoms. The molecule has 0 spiro atoms. The lowest BCUT2D eigenvalue weighted by molar-refractivity contribution is -0.123. The monoisotopic (exact) mass is 440 g/mol. The van der Waals surface area contributed by atoms with Gasteiger partial charge >= 0.3 is 5.97 Å². The molecule has 0 aromatic heterocycles. The molecule has 26 heavy (non-hydrogen) atoms. The topological polar surface area (TPSA) is 93.7 Å². The maximum atomic E-state index is 12.0. The average molecular weight is 442 g/mol. The molecule has 7 nitrogen and oxygen atoms in total. The molecule has 0 aliphatic heterocycles. The van der Waals surface area contributed by atoms with Gasteiger partial charge in [-0.25, -0.2) is 4.79 Å². The lowest BCUT2D eigenvalue weighted by atomic mass is 10.1. The van der Waals surface area contributed by atoms with E-state index in [-0.39, 0.29) is 17.7 Å². The van der Waals surface area contributed by atoms with Crippen molar-refractivity contribution < 1.29 is 23.9 Å². The maximum absolute atomic E-state index is 12.0. The first-order chi connectivity index (χ1) is 12.4. The van der Waals surface area contributed by atoms with Crippen LogP contribution in [-0.4, -0.2) is 31.5 Å². The highest BCUT2D eigenvalue weighted by molar-refractivity contribution is 9.10. The van der Waals surface area contributed by atoms with Gasteiger partial charge in [-0.1, -0.05) is 33.6 Å². The average Bonchev–Trinajstić information content (AvgIpc) is 2.64. The highest BCUT2D eigenvalue weighted by atomic mass is 79.9. The van der Waals surface area contributed by atoms with Crippen LogP contribution in [0.4, 0.5) is 0 Å². The number of methoxy groups -OCH3 is 1. The fraction of sp³-hybridized carbons (Fsp3) is 0.118. The van der Waals surface area contributed by atoms with Crippen molar-refractivity contribution in [2.24, 2.45) is 0 Å². The van der Waals surface area contributed by atoms with Crippen LogP contribution in [0, 0.1) is 0 Å². The van der Waals surface area contributed by atoms with Gasteiger partial charge in [0.25, 0.3) is 11.8 Å². The summed E-state index contributed by atoms with van der Waals surface area (Å²) >= 11 is 9.24. The number of hydrogen-bond donors (Lipinski definition) is 2. The Morgan fingerprint density at radius 1 is 1.08 bits per heavy atom. The van der Waals surface area contributed by atoms with Gasteiger partial charge in [0.2, 0.25) is 0 Å². The third-order valence-corrected chi connectivity index (χ3v) is 3.90. The fourth-order valence-corrected chi connectivity index (χ4v) is 2.60. The molecule has 2 aromatic rings. The molecule has 0 aliphatic carbocycles. The van der Waals surface area contributed by atoms with Crippen molar-refractivity contribution in [2.75, 3.05) is 13.7 Å². The molecular weight excluding hydrogens is 428 g/mol. The number of ether oxygens (including phenoxy) is 2. The molecule has 2 amide bonds. The molecule has 0 aliphatic rings. The van der Waals surface area contributed by atoms with Crippen LogP contribution < -0.4 is 15.6 Å². The third-order valence-electron chi connectivity index (χ3n) is 3.11. The molecule has 2 aromatic carbocycles. The van der Waals surface area contributed by atoms with Gasteiger partial charge in [0, 0.05) is 10.0 Å². The minimum atomic E-state index is -0.592. The summed E-state index contributed by atoms with van der Waals surface area (Å²) in [7, 11) is 1.24.